The second-order valence-electron chi connectivity index (χ2n) is 4.96. The Hall–Kier alpha value is -1.10. The van der Waals surface area contributed by atoms with Gasteiger partial charge in [0.25, 0.3) is 0 Å². The van der Waals surface area contributed by atoms with Crippen LogP contribution in [0, 0.1) is 5.92 Å². The fraction of sp³-hybridized carbons (Fsp3) is 0.846. The van der Waals surface area contributed by atoms with Gasteiger partial charge in [-0.3, -0.25) is 4.79 Å². The number of esters is 1. The number of amides is 1. The summed E-state index contributed by atoms with van der Waals surface area (Å²) in [5.41, 5.74) is 5.49. The Morgan fingerprint density at radius 1 is 1.22 bits per heavy atom. The molecule has 5 nitrogen and oxygen atoms in total. The van der Waals surface area contributed by atoms with Crippen LogP contribution in [-0.4, -0.2) is 30.6 Å². The van der Waals surface area contributed by atoms with Crippen molar-refractivity contribution in [3.8, 4) is 0 Å². The fourth-order valence-corrected chi connectivity index (χ4v) is 1.58. The quantitative estimate of drug-likeness (QED) is 0.506. The number of nitrogens with two attached hydrogens (primary N) is 1. The zero-order chi connectivity index (χ0) is 14.1. The molecule has 0 spiro atoms. The van der Waals surface area contributed by atoms with E-state index in [9.17, 15) is 9.59 Å². The Morgan fingerprint density at radius 3 is 2.33 bits per heavy atom. The molecule has 0 aliphatic carbocycles. The third-order valence-corrected chi connectivity index (χ3v) is 2.63. The van der Waals surface area contributed by atoms with Crippen LogP contribution in [-0.2, 0) is 14.3 Å². The van der Waals surface area contributed by atoms with Gasteiger partial charge < -0.3 is 15.8 Å². The second-order valence-corrected chi connectivity index (χ2v) is 4.96. The van der Waals surface area contributed by atoms with Crippen molar-refractivity contribution in [1.82, 2.24) is 5.32 Å². The van der Waals surface area contributed by atoms with Gasteiger partial charge in [0, 0.05) is 6.04 Å². The Kier molecular flexibility index (Phi) is 8.37. The smallest absolute Gasteiger partial charge is 0.332 e. The first-order chi connectivity index (χ1) is 8.38. The molecule has 0 saturated heterocycles. The lowest BCUT2D eigenvalue weighted by Gasteiger charge is -2.17. The van der Waals surface area contributed by atoms with Crippen LogP contribution in [0.3, 0.4) is 0 Å². The van der Waals surface area contributed by atoms with E-state index in [1.807, 2.05) is 6.92 Å². The van der Waals surface area contributed by atoms with Crippen molar-refractivity contribution in [2.24, 2.45) is 11.7 Å². The maximum Gasteiger partial charge on any atom is 0.332 e. The van der Waals surface area contributed by atoms with E-state index in [4.69, 9.17) is 10.5 Å². The lowest BCUT2D eigenvalue weighted by atomic mass is 10.0. The maximum atomic E-state index is 11.6. The molecule has 0 radical (unpaired) electrons. The van der Waals surface area contributed by atoms with Crippen molar-refractivity contribution in [2.45, 2.75) is 59.0 Å². The highest BCUT2D eigenvalue weighted by atomic mass is 16.5. The number of nitrogens with one attached hydrogen (secondary N) is 1. The Balaban J connectivity index is 3.95. The summed E-state index contributed by atoms with van der Waals surface area (Å²) in [4.78, 5) is 22.9. The third kappa shape index (κ3) is 7.27. The van der Waals surface area contributed by atoms with Gasteiger partial charge in [0.15, 0.2) is 6.04 Å². The van der Waals surface area contributed by atoms with E-state index in [0.717, 1.165) is 19.3 Å². The number of rotatable bonds is 8. The van der Waals surface area contributed by atoms with Crippen molar-refractivity contribution in [1.29, 1.82) is 0 Å². The van der Waals surface area contributed by atoms with Gasteiger partial charge in [-0.25, -0.2) is 4.79 Å². The van der Waals surface area contributed by atoms with Crippen LogP contribution in [0.25, 0.3) is 0 Å². The molecule has 0 aliphatic heterocycles. The normalized spacial score (nSPS) is 14.1. The molecule has 2 unspecified atom stereocenters. The van der Waals surface area contributed by atoms with Crippen LogP contribution in [0.2, 0.25) is 0 Å². The standard InChI is InChI=1S/C13H26N2O3/c1-5-18-13(17)11(14)12(16)15-10(4)8-6-7-9(2)3/h9-11H,5-8,14H2,1-4H3,(H,15,16). The van der Waals surface area contributed by atoms with E-state index < -0.39 is 17.9 Å². The summed E-state index contributed by atoms with van der Waals surface area (Å²) >= 11 is 0. The molecular weight excluding hydrogens is 232 g/mol. The molecule has 0 heterocycles. The van der Waals surface area contributed by atoms with Crippen LogP contribution in [0.15, 0.2) is 0 Å². The van der Waals surface area contributed by atoms with Crippen molar-refractivity contribution >= 4 is 11.9 Å². The van der Waals surface area contributed by atoms with Gasteiger partial charge >= 0.3 is 5.97 Å². The first kappa shape index (κ1) is 16.9. The van der Waals surface area contributed by atoms with Crippen LogP contribution in [0.4, 0.5) is 0 Å². The lowest BCUT2D eigenvalue weighted by Crippen LogP contribution is -2.49. The van der Waals surface area contributed by atoms with Gasteiger partial charge in [0.1, 0.15) is 0 Å². The Bertz CT molecular complexity index is 267. The average molecular weight is 258 g/mol. The lowest BCUT2D eigenvalue weighted by molar-refractivity contribution is -0.148. The minimum Gasteiger partial charge on any atom is -0.464 e. The van der Waals surface area contributed by atoms with E-state index in [1.165, 1.54) is 0 Å². The molecule has 0 bridgehead atoms. The van der Waals surface area contributed by atoms with Crippen LogP contribution < -0.4 is 11.1 Å². The number of hydrogen-bond acceptors (Lipinski definition) is 4. The number of carbonyl (C=O) groups is 2. The molecule has 5 heteroatoms. The van der Waals surface area contributed by atoms with Crippen molar-refractivity contribution < 1.29 is 14.3 Å². The molecule has 3 N–H and O–H groups in total. The molecule has 0 fully saturated rings. The molecule has 106 valence electrons. The number of hydrogen-bond donors (Lipinski definition) is 2. The summed E-state index contributed by atoms with van der Waals surface area (Å²) in [6.45, 7) is 8.15. The molecule has 0 aromatic heterocycles. The average Bonchev–Trinajstić information content (AvgIpc) is 2.27. The SMILES string of the molecule is CCOC(=O)C(N)C(=O)NC(C)CCCC(C)C. The third-order valence-electron chi connectivity index (χ3n) is 2.63. The zero-order valence-electron chi connectivity index (χ0n) is 11.9. The van der Waals surface area contributed by atoms with Crippen LogP contribution in [0.5, 0.6) is 0 Å². The molecule has 0 rings (SSSR count). The van der Waals surface area contributed by atoms with Gasteiger partial charge in [0.05, 0.1) is 6.61 Å². The maximum absolute atomic E-state index is 11.6. The first-order valence-corrected chi connectivity index (χ1v) is 6.61. The summed E-state index contributed by atoms with van der Waals surface area (Å²) < 4.78 is 4.69. The predicted molar refractivity (Wildman–Crippen MR) is 70.9 cm³/mol. The van der Waals surface area contributed by atoms with Crippen LogP contribution in [0.1, 0.15) is 47.0 Å². The predicted octanol–water partition coefficient (Wildman–Crippen LogP) is 1.21. The minimum absolute atomic E-state index is 0.0247. The van der Waals surface area contributed by atoms with Gasteiger partial charge in [-0.2, -0.15) is 0 Å². The van der Waals surface area contributed by atoms with Crippen LogP contribution >= 0.6 is 0 Å². The summed E-state index contributed by atoms with van der Waals surface area (Å²) in [5.74, 6) is -0.482. The highest BCUT2D eigenvalue weighted by Gasteiger charge is 2.24. The highest BCUT2D eigenvalue weighted by Crippen LogP contribution is 2.08. The van der Waals surface area contributed by atoms with Crippen molar-refractivity contribution in [2.75, 3.05) is 6.61 Å². The second kappa shape index (κ2) is 8.91. The van der Waals surface area contributed by atoms with Gasteiger partial charge in [0.2, 0.25) is 5.91 Å². The molecule has 0 aromatic rings. The minimum atomic E-state index is -1.22. The Labute approximate surface area is 109 Å². The van der Waals surface area contributed by atoms with E-state index in [1.54, 1.807) is 6.92 Å². The van der Waals surface area contributed by atoms with Crippen molar-refractivity contribution in [3.05, 3.63) is 0 Å². The van der Waals surface area contributed by atoms with Gasteiger partial charge in [-0.1, -0.05) is 26.7 Å². The number of ether oxygens (including phenoxy) is 1. The van der Waals surface area contributed by atoms with E-state index in [0.29, 0.717) is 5.92 Å². The van der Waals surface area contributed by atoms with Gasteiger partial charge in [-0.05, 0) is 26.2 Å². The Morgan fingerprint density at radius 2 is 1.83 bits per heavy atom. The molecule has 2 atom stereocenters. The van der Waals surface area contributed by atoms with Gasteiger partial charge in [-0.15, -0.1) is 0 Å². The van der Waals surface area contributed by atoms with E-state index in [-0.39, 0.29) is 12.6 Å². The monoisotopic (exact) mass is 258 g/mol. The summed E-state index contributed by atoms with van der Waals surface area (Å²) in [5, 5.41) is 2.73. The summed E-state index contributed by atoms with van der Waals surface area (Å²) in [6, 6.07) is -1.20. The molecule has 0 saturated carbocycles. The molecular formula is C13H26N2O3. The summed E-state index contributed by atoms with van der Waals surface area (Å²) in [6.07, 6.45) is 3.07. The highest BCUT2D eigenvalue weighted by molar-refractivity contribution is 6.01. The fourth-order valence-electron chi connectivity index (χ4n) is 1.58. The zero-order valence-corrected chi connectivity index (χ0v) is 11.9. The number of carbonyl (C=O) groups excluding carboxylic acids is 2. The van der Waals surface area contributed by atoms with Crippen molar-refractivity contribution in [3.63, 3.8) is 0 Å². The van der Waals surface area contributed by atoms with E-state index in [2.05, 4.69) is 19.2 Å². The topological polar surface area (TPSA) is 81.4 Å². The molecule has 0 aromatic carbocycles. The van der Waals surface area contributed by atoms with E-state index >= 15 is 0 Å². The molecule has 18 heavy (non-hydrogen) atoms. The molecule has 1 amide bonds. The first-order valence-electron chi connectivity index (χ1n) is 6.61. The largest absolute Gasteiger partial charge is 0.464 e. The molecule has 0 aliphatic rings. The summed E-state index contributed by atoms with van der Waals surface area (Å²) in [7, 11) is 0.